The highest BCUT2D eigenvalue weighted by atomic mass is 32.1. The van der Waals surface area contributed by atoms with Crippen molar-refractivity contribution in [2.75, 3.05) is 25.6 Å². The number of aromatic nitrogens is 1. The fourth-order valence-electron chi connectivity index (χ4n) is 6.64. The van der Waals surface area contributed by atoms with Crippen LogP contribution < -0.4 is 9.64 Å². The highest BCUT2D eigenvalue weighted by Gasteiger charge is 2.36. The Hall–Kier alpha value is -4.90. The standard InChI is InChI=1S/C36H36N4O6S/c1-37(2)25-13-11-24(12-14-25)35-29-7-5-19-38(29)36-28(27-6-3-4-8-30(27)47-36)21-39(35)33(43)20-23-9-15-26(16-10-23)45-22-34(44)46-40-31(41)17-18-32(40)42/h5,7,9-16,19,35H,3-4,6,8,17-18,20-22H2,1-2H3. The third-order valence-electron chi connectivity index (χ3n) is 9.06. The first-order valence-corrected chi connectivity index (χ1v) is 16.7. The molecule has 2 aliphatic heterocycles. The van der Waals surface area contributed by atoms with Crippen LogP contribution in [-0.4, -0.2) is 58.9 Å². The summed E-state index contributed by atoms with van der Waals surface area (Å²) in [7, 11) is 4.04. The molecule has 1 fully saturated rings. The summed E-state index contributed by atoms with van der Waals surface area (Å²) in [5.41, 5.74) is 6.71. The lowest BCUT2D eigenvalue weighted by molar-refractivity contribution is -0.198. The van der Waals surface area contributed by atoms with Gasteiger partial charge in [0.05, 0.1) is 18.2 Å². The summed E-state index contributed by atoms with van der Waals surface area (Å²) in [6.07, 6.45) is 6.87. The number of carbonyl (C=O) groups excluding carboxylic acids is 4. The summed E-state index contributed by atoms with van der Waals surface area (Å²) < 4.78 is 7.83. The number of aryl methyl sites for hydroxylation is 1. The molecular weight excluding hydrogens is 616 g/mol. The number of imide groups is 1. The van der Waals surface area contributed by atoms with Gasteiger partial charge in [-0.15, -0.1) is 16.4 Å². The smallest absolute Gasteiger partial charge is 0.370 e. The summed E-state index contributed by atoms with van der Waals surface area (Å²) >= 11 is 1.87. The van der Waals surface area contributed by atoms with Crippen LogP contribution in [0.3, 0.4) is 0 Å². The Morgan fingerprint density at radius 2 is 1.62 bits per heavy atom. The molecule has 1 atom stereocenters. The van der Waals surface area contributed by atoms with Gasteiger partial charge in [0, 0.05) is 55.8 Å². The fourth-order valence-corrected chi connectivity index (χ4v) is 8.05. The number of rotatable bonds is 8. The maximum atomic E-state index is 14.4. The molecule has 3 amide bonds. The Labute approximate surface area is 277 Å². The van der Waals surface area contributed by atoms with Gasteiger partial charge in [-0.05, 0) is 78.8 Å². The molecular formula is C36H36N4O6S. The number of anilines is 1. The molecule has 10 nitrogen and oxygen atoms in total. The average Bonchev–Trinajstić information content (AvgIpc) is 3.76. The summed E-state index contributed by atoms with van der Waals surface area (Å²) in [6.45, 7) is 0.0669. The first-order valence-electron chi connectivity index (χ1n) is 15.9. The number of benzene rings is 2. The Balaban J connectivity index is 1.13. The highest BCUT2D eigenvalue weighted by molar-refractivity contribution is 7.15. The van der Waals surface area contributed by atoms with Gasteiger partial charge in [0.15, 0.2) is 6.61 Å². The van der Waals surface area contributed by atoms with E-state index in [0.29, 0.717) is 17.4 Å². The van der Waals surface area contributed by atoms with Crippen molar-refractivity contribution in [3.8, 4) is 10.8 Å². The van der Waals surface area contributed by atoms with Crippen LogP contribution in [0, 0.1) is 0 Å². The third-order valence-corrected chi connectivity index (χ3v) is 10.4. The zero-order valence-electron chi connectivity index (χ0n) is 26.4. The van der Waals surface area contributed by atoms with E-state index in [9.17, 15) is 19.2 Å². The second kappa shape index (κ2) is 12.7. The predicted octanol–water partition coefficient (Wildman–Crippen LogP) is 5.14. The van der Waals surface area contributed by atoms with Crippen LogP contribution in [0.4, 0.5) is 5.69 Å². The molecule has 242 valence electrons. The molecule has 0 N–H and O–H groups in total. The van der Waals surface area contributed by atoms with Gasteiger partial charge in [0.2, 0.25) is 5.91 Å². The van der Waals surface area contributed by atoms with E-state index in [2.05, 4.69) is 52.1 Å². The number of carbonyl (C=O) groups is 4. The number of fused-ring (bicyclic) bond motifs is 5. The summed E-state index contributed by atoms with van der Waals surface area (Å²) in [5.74, 6) is -1.52. The lowest BCUT2D eigenvalue weighted by atomic mass is 9.94. The average molecular weight is 653 g/mol. The minimum Gasteiger partial charge on any atom is -0.482 e. The molecule has 3 aliphatic rings. The molecule has 2 aromatic heterocycles. The van der Waals surface area contributed by atoms with Crippen molar-refractivity contribution in [3.05, 3.63) is 99.7 Å². The van der Waals surface area contributed by atoms with Crippen LogP contribution in [-0.2, 0) is 49.8 Å². The van der Waals surface area contributed by atoms with Crippen LogP contribution in [0.2, 0.25) is 0 Å². The van der Waals surface area contributed by atoms with E-state index in [4.69, 9.17) is 9.57 Å². The molecule has 0 spiro atoms. The van der Waals surface area contributed by atoms with Gasteiger partial charge in [-0.1, -0.05) is 24.3 Å². The van der Waals surface area contributed by atoms with Crippen molar-refractivity contribution in [2.24, 2.45) is 0 Å². The maximum absolute atomic E-state index is 14.4. The molecule has 0 bridgehead atoms. The molecule has 1 saturated heterocycles. The predicted molar refractivity (Wildman–Crippen MR) is 176 cm³/mol. The molecule has 47 heavy (non-hydrogen) atoms. The fraction of sp³-hybridized carbons (Fsp3) is 0.333. The van der Waals surface area contributed by atoms with Crippen LogP contribution in [0.15, 0.2) is 66.9 Å². The van der Waals surface area contributed by atoms with Gasteiger partial charge in [0.25, 0.3) is 11.8 Å². The quantitative estimate of drug-likeness (QED) is 0.243. The zero-order valence-corrected chi connectivity index (χ0v) is 27.3. The molecule has 7 rings (SSSR count). The van der Waals surface area contributed by atoms with E-state index in [-0.39, 0.29) is 31.2 Å². The van der Waals surface area contributed by atoms with E-state index in [1.807, 2.05) is 42.5 Å². The monoisotopic (exact) mass is 652 g/mol. The van der Waals surface area contributed by atoms with Gasteiger partial charge in [-0.3, -0.25) is 14.4 Å². The molecule has 4 heterocycles. The van der Waals surface area contributed by atoms with E-state index >= 15 is 0 Å². The third kappa shape index (κ3) is 6.03. The van der Waals surface area contributed by atoms with Crippen molar-refractivity contribution in [3.63, 3.8) is 0 Å². The Morgan fingerprint density at radius 3 is 2.34 bits per heavy atom. The highest BCUT2D eigenvalue weighted by Crippen LogP contribution is 2.44. The number of hydroxylamine groups is 2. The van der Waals surface area contributed by atoms with Gasteiger partial charge < -0.3 is 23.9 Å². The molecule has 1 unspecified atom stereocenters. The first-order chi connectivity index (χ1) is 22.8. The zero-order chi connectivity index (χ0) is 32.7. The lowest BCUT2D eigenvalue weighted by Crippen LogP contribution is -2.36. The van der Waals surface area contributed by atoms with Crippen molar-refractivity contribution in [2.45, 2.75) is 57.5 Å². The number of hydrogen-bond acceptors (Lipinski definition) is 8. The molecule has 0 radical (unpaired) electrons. The normalized spacial score (nSPS) is 17.1. The van der Waals surface area contributed by atoms with Crippen molar-refractivity contribution < 1.29 is 28.8 Å². The van der Waals surface area contributed by atoms with Crippen molar-refractivity contribution >= 4 is 40.7 Å². The van der Waals surface area contributed by atoms with E-state index in [0.717, 1.165) is 35.3 Å². The lowest BCUT2D eigenvalue weighted by Gasteiger charge is -2.32. The van der Waals surface area contributed by atoms with Crippen molar-refractivity contribution in [1.82, 2.24) is 14.5 Å². The molecule has 2 aromatic carbocycles. The van der Waals surface area contributed by atoms with E-state index in [1.54, 1.807) is 12.1 Å². The minimum atomic E-state index is -0.849. The molecule has 11 heteroatoms. The summed E-state index contributed by atoms with van der Waals surface area (Å²) in [6, 6.07) is 19.4. The first kappa shape index (κ1) is 30.7. The topological polar surface area (TPSA) is 101 Å². The number of nitrogens with zero attached hydrogens (tertiary/aromatic N) is 4. The second-order valence-corrected chi connectivity index (χ2v) is 13.4. The molecule has 0 saturated carbocycles. The second-order valence-electron chi connectivity index (χ2n) is 12.4. The Morgan fingerprint density at radius 1 is 0.894 bits per heavy atom. The van der Waals surface area contributed by atoms with Crippen LogP contribution in [0.1, 0.15) is 64.6 Å². The number of amides is 3. The number of thiophene rings is 1. The maximum Gasteiger partial charge on any atom is 0.370 e. The Bertz CT molecular complexity index is 1830. The minimum absolute atomic E-state index is 0.0141. The van der Waals surface area contributed by atoms with Crippen LogP contribution in [0.5, 0.6) is 5.75 Å². The van der Waals surface area contributed by atoms with Gasteiger partial charge >= 0.3 is 5.97 Å². The molecule has 1 aliphatic carbocycles. The molecule has 4 aromatic rings. The van der Waals surface area contributed by atoms with Crippen molar-refractivity contribution in [1.29, 1.82) is 0 Å². The largest absolute Gasteiger partial charge is 0.482 e. The SMILES string of the molecule is CN(C)c1ccc(C2c3cccn3-c3sc4c(c3CN2C(=O)Cc2ccc(OCC(=O)ON3C(=O)CCC3=O)cc2)CCCC4)cc1. The van der Waals surface area contributed by atoms with E-state index < -0.39 is 24.4 Å². The van der Waals surface area contributed by atoms with Gasteiger partial charge in [0.1, 0.15) is 10.8 Å². The Kier molecular flexibility index (Phi) is 8.31. The van der Waals surface area contributed by atoms with Gasteiger partial charge in [-0.2, -0.15) is 0 Å². The number of ether oxygens (including phenoxy) is 1. The van der Waals surface area contributed by atoms with Crippen LogP contribution >= 0.6 is 11.3 Å². The van der Waals surface area contributed by atoms with E-state index in [1.165, 1.54) is 33.8 Å². The van der Waals surface area contributed by atoms with Crippen LogP contribution in [0.25, 0.3) is 5.00 Å². The number of hydrogen-bond donors (Lipinski definition) is 0. The summed E-state index contributed by atoms with van der Waals surface area (Å²) in [5, 5.41) is 1.72. The summed E-state index contributed by atoms with van der Waals surface area (Å²) in [4.78, 5) is 60.4. The van der Waals surface area contributed by atoms with Gasteiger partial charge in [-0.25, -0.2) is 4.79 Å².